The number of carbonyl (C=O) groups excluding carboxylic acids is 1. The molecule has 1 saturated heterocycles. The topological polar surface area (TPSA) is 39.7 Å². The molecule has 0 N–H and O–H groups in total. The Morgan fingerprint density at radius 1 is 1.03 bits per heavy atom. The van der Waals surface area contributed by atoms with Crippen molar-refractivity contribution in [2.24, 2.45) is 0 Å². The normalized spacial score (nSPS) is 18.9. The minimum absolute atomic E-state index is 0.0895. The van der Waals surface area contributed by atoms with E-state index in [1.807, 2.05) is 36.0 Å². The zero-order valence-electron chi connectivity index (χ0n) is 18.8. The lowest BCUT2D eigenvalue weighted by Gasteiger charge is -2.41. The van der Waals surface area contributed by atoms with Gasteiger partial charge in [0.15, 0.2) is 0 Å². The average Bonchev–Trinajstić information content (AvgIpc) is 3.38. The second-order valence-electron chi connectivity index (χ2n) is 8.97. The molecule has 1 amide bonds. The van der Waals surface area contributed by atoms with Gasteiger partial charge in [-0.1, -0.05) is 24.3 Å². The van der Waals surface area contributed by atoms with Crippen molar-refractivity contribution in [3.63, 3.8) is 0 Å². The molecular weight excluding hydrogens is 416 g/mol. The molecule has 1 aromatic carbocycles. The van der Waals surface area contributed by atoms with Gasteiger partial charge in [-0.25, -0.2) is 4.98 Å². The first-order chi connectivity index (χ1) is 15.6. The van der Waals surface area contributed by atoms with Crippen molar-refractivity contribution in [1.29, 1.82) is 0 Å². The van der Waals surface area contributed by atoms with Crippen LogP contribution < -0.4 is 4.90 Å². The first kappa shape index (κ1) is 21.2. The third-order valence-electron chi connectivity index (χ3n) is 6.78. The highest BCUT2D eigenvalue weighted by Crippen LogP contribution is 2.28. The predicted octanol–water partition coefficient (Wildman–Crippen LogP) is 4.19. The lowest BCUT2D eigenvalue weighted by Crippen LogP contribution is -2.53. The molecule has 32 heavy (non-hydrogen) atoms. The summed E-state index contributed by atoms with van der Waals surface area (Å²) in [6.45, 7) is 3.43. The third kappa shape index (κ3) is 4.17. The van der Waals surface area contributed by atoms with Gasteiger partial charge in [-0.2, -0.15) is 11.3 Å². The minimum atomic E-state index is 0.0895. The number of carbonyl (C=O) groups is 1. The van der Waals surface area contributed by atoms with Crippen molar-refractivity contribution in [3.8, 4) is 11.3 Å². The standard InChI is InChI=1S/C26H30N4OS/c1-28(2)25-23(9-10-24(27-25)21-11-16-32-18-21)26(31)30-14-12-29(13-15-30)22-8-7-19-5-3-4-6-20(19)17-22/h3-6,9-11,16,18,22H,7-8,12-15,17H2,1-2H3. The Morgan fingerprint density at radius 3 is 2.53 bits per heavy atom. The molecule has 2 aliphatic rings. The van der Waals surface area contributed by atoms with Gasteiger partial charge >= 0.3 is 0 Å². The van der Waals surface area contributed by atoms with E-state index in [4.69, 9.17) is 4.98 Å². The molecule has 1 aliphatic carbocycles. The number of hydrogen-bond donors (Lipinski definition) is 0. The van der Waals surface area contributed by atoms with Crippen LogP contribution in [0.15, 0.2) is 53.2 Å². The Morgan fingerprint density at radius 2 is 1.81 bits per heavy atom. The maximum Gasteiger partial charge on any atom is 0.257 e. The Bertz CT molecular complexity index is 1090. The number of rotatable bonds is 4. The van der Waals surface area contributed by atoms with E-state index in [2.05, 4.69) is 46.0 Å². The van der Waals surface area contributed by atoms with Crippen LogP contribution in [-0.2, 0) is 12.8 Å². The number of pyridine rings is 1. The summed E-state index contributed by atoms with van der Waals surface area (Å²) >= 11 is 1.66. The molecule has 3 heterocycles. The van der Waals surface area contributed by atoms with Crippen molar-refractivity contribution in [3.05, 3.63) is 69.9 Å². The molecule has 1 atom stereocenters. The molecule has 3 aromatic rings. The fraction of sp³-hybridized carbons (Fsp3) is 0.385. The highest BCUT2D eigenvalue weighted by atomic mass is 32.1. The van der Waals surface area contributed by atoms with Crippen LogP contribution in [0.4, 0.5) is 5.82 Å². The summed E-state index contributed by atoms with van der Waals surface area (Å²) in [5, 5.41) is 4.14. The van der Waals surface area contributed by atoms with Crippen LogP contribution in [0.1, 0.15) is 27.9 Å². The molecule has 166 valence electrons. The lowest BCUT2D eigenvalue weighted by atomic mass is 9.87. The van der Waals surface area contributed by atoms with Crippen molar-refractivity contribution < 1.29 is 4.79 Å². The number of fused-ring (bicyclic) bond motifs is 1. The molecule has 0 saturated carbocycles. The van der Waals surface area contributed by atoms with Crippen molar-refractivity contribution in [1.82, 2.24) is 14.8 Å². The molecule has 0 spiro atoms. The molecular formula is C26H30N4OS. The van der Waals surface area contributed by atoms with Gasteiger partial charge < -0.3 is 9.80 Å². The predicted molar refractivity (Wildman–Crippen MR) is 132 cm³/mol. The third-order valence-corrected chi connectivity index (χ3v) is 7.47. The number of anilines is 1. The SMILES string of the molecule is CN(C)c1nc(-c2ccsc2)ccc1C(=O)N1CCN(C2CCc3ccccc3C2)CC1. The van der Waals surface area contributed by atoms with E-state index in [0.29, 0.717) is 11.6 Å². The summed E-state index contributed by atoms with van der Waals surface area (Å²) < 4.78 is 0. The molecule has 0 radical (unpaired) electrons. The minimum Gasteiger partial charge on any atom is -0.362 e. The first-order valence-corrected chi connectivity index (χ1v) is 12.4. The Labute approximate surface area is 194 Å². The summed E-state index contributed by atoms with van der Waals surface area (Å²) in [4.78, 5) is 24.8. The van der Waals surface area contributed by atoms with Crippen LogP contribution >= 0.6 is 11.3 Å². The quantitative estimate of drug-likeness (QED) is 0.603. The van der Waals surface area contributed by atoms with Crippen LogP contribution in [0, 0.1) is 0 Å². The number of nitrogens with zero attached hydrogens (tertiary/aromatic N) is 4. The van der Waals surface area contributed by atoms with E-state index in [-0.39, 0.29) is 5.91 Å². The Kier molecular flexibility index (Phi) is 5.98. The Hall–Kier alpha value is -2.70. The van der Waals surface area contributed by atoms with Gasteiger partial charge in [0, 0.05) is 57.3 Å². The van der Waals surface area contributed by atoms with Gasteiger partial charge in [0.05, 0.1) is 11.3 Å². The van der Waals surface area contributed by atoms with E-state index in [9.17, 15) is 4.79 Å². The van der Waals surface area contributed by atoms with Crippen LogP contribution in [0.25, 0.3) is 11.3 Å². The van der Waals surface area contributed by atoms with E-state index >= 15 is 0 Å². The Balaban J connectivity index is 1.27. The molecule has 5 nitrogen and oxygen atoms in total. The fourth-order valence-electron chi connectivity index (χ4n) is 4.98. The second-order valence-corrected chi connectivity index (χ2v) is 9.75. The van der Waals surface area contributed by atoms with Crippen molar-refractivity contribution in [2.75, 3.05) is 45.2 Å². The molecule has 1 fully saturated rings. The molecule has 1 aliphatic heterocycles. The summed E-state index contributed by atoms with van der Waals surface area (Å²) in [5.41, 5.74) is 5.70. The van der Waals surface area contributed by atoms with Gasteiger partial charge in [0.2, 0.25) is 0 Å². The number of piperazine rings is 1. The zero-order valence-corrected chi connectivity index (χ0v) is 19.6. The number of thiophene rings is 1. The van der Waals surface area contributed by atoms with Crippen LogP contribution in [-0.4, -0.2) is 67.0 Å². The van der Waals surface area contributed by atoms with Gasteiger partial charge in [0.25, 0.3) is 5.91 Å². The van der Waals surface area contributed by atoms with Crippen LogP contribution in [0.3, 0.4) is 0 Å². The largest absolute Gasteiger partial charge is 0.362 e. The second kappa shape index (κ2) is 9.04. The first-order valence-electron chi connectivity index (χ1n) is 11.4. The maximum absolute atomic E-state index is 13.4. The number of aryl methyl sites for hydroxylation is 1. The number of amides is 1. The van der Waals surface area contributed by atoms with E-state index in [1.54, 1.807) is 11.3 Å². The van der Waals surface area contributed by atoms with Gasteiger partial charge in [0.1, 0.15) is 5.82 Å². The van der Waals surface area contributed by atoms with Gasteiger partial charge in [-0.05, 0) is 54.0 Å². The zero-order chi connectivity index (χ0) is 22.1. The summed E-state index contributed by atoms with van der Waals surface area (Å²) in [6, 6.07) is 15.4. The van der Waals surface area contributed by atoms with E-state index < -0.39 is 0 Å². The highest BCUT2D eigenvalue weighted by molar-refractivity contribution is 7.08. The maximum atomic E-state index is 13.4. The molecule has 0 bridgehead atoms. The van der Waals surface area contributed by atoms with Gasteiger partial charge in [-0.15, -0.1) is 0 Å². The molecule has 2 aromatic heterocycles. The van der Waals surface area contributed by atoms with Gasteiger partial charge in [-0.3, -0.25) is 9.69 Å². The average molecular weight is 447 g/mol. The fourth-order valence-corrected chi connectivity index (χ4v) is 5.63. The number of hydrogen-bond acceptors (Lipinski definition) is 5. The van der Waals surface area contributed by atoms with E-state index in [1.165, 1.54) is 17.5 Å². The highest BCUT2D eigenvalue weighted by Gasteiger charge is 2.30. The van der Waals surface area contributed by atoms with E-state index in [0.717, 1.165) is 56.1 Å². The molecule has 5 rings (SSSR count). The smallest absolute Gasteiger partial charge is 0.257 e. The van der Waals surface area contributed by atoms with Crippen LogP contribution in [0.2, 0.25) is 0 Å². The molecule has 6 heteroatoms. The van der Waals surface area contributed by atoms with Crippen LogP contribution in [0.5, 0.6) is 0 Å². The number of benzene rings is 1. The lowest BCUT2D eigenvalue weighted by molar-refractivity contribution is 0.0553. The molecule has 1 unspecified atom stereocenters. The summed E-state index contributed by atoms with van der Waals surface area (Å²) in [5.74, 6) is 0.830. The summed E-state index contributed by atoms with van der Waals surface area (Å²) in [7, 11) is 3.91. The monoisotopic (exact) mass is 446 g/mol. The summed E-state index contributed by atoms with van der Waals surface area (Å²) in [6.07, 6.45) is 3.50. The van der Waals surface area contributed by atoms with Crippen molar-refractivity contribution in [2.45, 2.75) is 25.3 Å². The number of aromatic nitrogens is 1. The van der Waals surface area contributed by atoms with Crippen molar-refractivity contribution >= 4 is 23.1 Å².